The first-order valence-corrected chi connectivity index (χ1v) is 14.6. The molecule has 0 radical (unpaired) electrons. The molecular formula is C30H48O13. The number of aliphatic hydroxyl groups excluding tert-OH is 7. The molecule has 3 rings (SSSR count). The lowest BCUT2D eigenvalue weighted by molar-refractivity contribution is -0.362. The summed E-state index contributed by atoms with van der Waals surface area (Å²) >= 11 is 0. The molecule has 2 fully saturated rings. The predicted molar refractivity (Wildman–Crippen MR) is 151 cm³/mol. The smallest absolute Gasteiger partial charge is 0.187 e. The Balaban J connectivity index is 1.56. The highest BCUT2D eigenvalue weighted by Gasteiger charge is 2.51. The number of ether oxygens (including phenoxy) is 4. The second kappa shape index (κ2) is 14.7. The highest BCUT2D eigenvalue weighted by molar-refractivity contribution is 5.92. The standard InChI is InChI=1S/C30H48O13/c1-15(9-10-30(39)16(2)11-18(33)12-29(30,4)5)7-6-8-17(3)40-27-25(38)23(36)26(20(14-32)42-27)43-28-24(37)22(35)21(34)19(13-31)41-28/h7,9-11,17,19-28,31-32,34-39H,6,8,12-14H2,1-5H3/b10-9+,15-7-/t17-,19?,20?,21?,22?,23?,24?,25?,26?,27?,28?,30+/m0/s1. The topological polar surface area (TPSA) is 216 Å². The molecule has 1 aliphatic carbocycles. The van der Waals surface area contributed by atoms with Crippen molar-refractivity contribution in [3.05, 3.63) is 35.5 Å². The lowest BCUT2D eigenvalue weighted by Gasteiger charge is -2.46. The maximum absolute atomic E-state index is 12.0. The van der Waals surface area contributed by atoms with Crippen molar-refractivity contribution < 1.29 is 64.6 Å². The van der Waals surface area contributed by atoms with Crippen LogP contribution >= 0.6 is 0 Å². The quantitative estimate of drug-likeness (QED) is 0.131. The number of aliphatic hydroxyl groups is 8. The molecule has 8 N–H and O–H groups in total. The van der Waals surface area contributed by atoms with Crippen LogP contribution in [0.1, 0.15) is 53.9 Å². The molecular weight excluding hydrogens is 568 g/mol. The molecule has 0 aromatic carbocycles. The van der Waals surface area contributed by atoms with Crippen LogP contribution in [0.25, 0.3) is 0 Å². The van der Waals surface area contributed by atoms with E-state index < -0.39 is 91.7 Å². The minimum absolute atomic E-state index is 0.0106. The van der Waals surface area contributed by atoms with E-state index in [4.69, 9.17) is 18.9 Å². The van der Waals surface area contributed by atoms with Gasteiger partial charge in [0.2, 0.25) is 0 Å². The molecule has 2 saturated heterocycles. The van der Waals surface area contributed by atoms with Crippen LogP contribution in [-0.2, 0) is 23.7 Å². The van der Waals surface area contributed by atoms with E-state index in [1.165, 1.54) is 6.08 Å². The normalized spacial score (nSPS) is 41.4. The van der Waals surface area contributed by atoms with Gasteiger partial charge in [-0.25, -0.2) is 0 Å². The molecule has 13 heteroatoms. The van der Waals surface area contributed by atoms with Crippen LogP contribution in [0.3, 0.4) is 0 Å². The number of carbonyl (C=O) groups is 1. The average Bonchev–Trinajstić information content (AvgIpc) is 2.94. The van der Waals surface area contributed by atoms with Crippen molar-refractivity contribution in [1.29, 1.82) is 0 Å². The van der Waals surface area contributed by atoms with E-state index in [9.17, 15) is 45.6 Å². The molecule has 10 unspecified atom stereocenters. The van der Waals surface area contributed by atoms with Gasteiger partial charge < -0.3 is 59.8 Å². The van der Waals surface area contributed by atoms with Gasteiger partial charge in [-0.15, -0.1) is 0 Å². The number of ketones is 1. The molecule has 43 heavy (non-hydrogen) atoms. The van der Waals surface area contributed by atoms with E-state index in [-0.39, 0.29) is 12.2 Å². The van der Waals surface area contributed by atoms with Gasteiger partial charge >= 0.3 is 0 Å². The largest absolute Gasteiger partial charge is 0.394 e. The molecule has 0 bridgehead atoms. The summed E-state index contributed by atoms with van der Waals surface area (Å²) in [6.07, 6.45) is -7.28. The molecule has 13 nitrogen and oxygen atoms in total. The van der Waals surface area contributed by atoms with Crippen molar-refractivity contribution in [1.82, 2.24) is 0 Å². The summed E-state index contributed by atoms with van der Waals surface area (Å²) in [5, 5.41) is 82.3. The summed E-state index contributed by atoms with van der Waals surface area (Å²) in [4.78, 5) is 12.0. The van der Waals surface area contributed by atoms with Crippen LogP contribution in [0.4, 0.5) is 0 Å². The average molecular weight is 617 g/mol. The molecule has 3 aliphatic rings. The first-order valence-electron chi connectivity index (χ1n) is 14.6. The fourth-order valence-corrected chi connectivity index (χ4v) is 5.69. The Morgan fingerprint density at radius 1 is 1.00 bits per heavy atom. The molecule has 0 saturated carbocycles. The molecule has 0 spiro atoms. The summed E-state index contributed by atoms with van der Waals surface area (Å²) in [6.45, 7) is 7.76. The van der Waals surface area contributed by atoms with Crippen molar-refractivity contribution in [3.63, 3.8) is 0 Å². The SMILES string of the molecule is CC1=CC(=O)CC(C)(C)[C@@]1(O)/C=C/C(C)=C\CC[C@H](C)OC1OC(CO)C(OC2OC(CO)C(O)C(O)C2O)C(O)C1O. The zero-order valence-corrected chi connectivity index (χ0v) is 25.3. The molecule has 246 valence electrons. The predicted octanol–water partition coefficient (Wildman–Crippen LogP) is -1.03. The molecule has 0 amide bonds. The van der Waals surface area contributed by atoms with Crippen LogP contribution in [-0.4, -0.2) is 133 Å². The van der Waals surface area contributed by atoms with Gasteiger partial charge in [-0.05, 0) is 51.3 Å². The van der Waals surface area contributed by atoms with E-state index in [0.717, 1.165) is 5.57 Å². The second-order valence-corrected chi connectivity index (χ2v) is 12.4. The summed E-state index contributed by atoms with van der Waals surface area (Å²) < 4.78 is 22.4. The van der Waals surface area contributed by atoms with Gasteiger partial charge in [0.25, 0.3) is 0 Å². The summed E-state index contributed by atoms with van der Waals surface area (Å²) in [6, 6.07) is 0. The zero-order valence-electron chi connectivity index (χ0n) is 25.3. The van der Waals surface area contributed by atoms with Crippen molar-refractivity contribution >= 4 is 5.78 Å². The molecule has 0 aromatic heterocycles. The lowest BCUT2D eigenvalue weighted by Crippen LogP contribution is -2.64. The maximum Gasteiger partial charge on any atom is 0.187 e. The van der Waals surface area contributed by atoms with Crippen molar-refractivity contribution in [2.45, 2.75) is 127 Å². The second-order valence-electron chi connectivity index (χ2n) is 12.4. The Kier molecular flexibility index (Phi) is 12.2. The fourth-order valence-electron chi connectivity index (χ4n) is 5.69. The number of allylic oxidation sites excluding steroid dienone is 4. The third kappa shape index (κ3) is 7.98. The van der Waals surface area contributed by atoms with Gasteiger partial charge in [0.05, 0.1) is 19.3 Å². The third-order valence-corrected chi connectivity index (χ3v) is 8.58. The van der Waals surface area contributed by atoms with E-state index in [1.807, 2.05) is 32.9 Å². The van der Waals surface area contributed by atoms with E-state index in [0.29, 0.717) is 18.4 Å². The highest BCUT2D eigenvalue weighted by Crippen LogP contribution is 2.44. The Bertz CT molecular complexity index is 1040. The van der Waals surface area contributed by atoms with Crippen molar-refractivity contribution in [2.75, 3.05) is 13.2 Å². The molecule has 2 heterocycles. The number of hydrogen-bond donors (Lipinski definition) is 8. The highest BCUT2D eigenvalue weighted by atomic mass is 16.7. The number of rotatable bonds is 11. The Morgan fingerprint density at radius 2 is 1.60 bits per heavy atom. The monoisotopic (exact) mass is 616 g/mol. The van der Waals surface area contributed by atoms with Crippen molar-refractivity contribution in [3.8, 4) is 0 Å². The first kappa shape index (κ1) is 35.9. The molecule has 2 aliphatic heterocycles. The van der Waals surface area contributed by atoms with E-state index in [1.54, 1.807) is 19.9 Å². The minimum Gasteiger partial charge on any atom is -0.394 e. The summed E-state index contributed by atoms with van der Waals surface area (Å²) in [5.41, 5.74) is -0.428. The Morgan fingerprint density at radius 3 is 2.21 bits per heavy atom. The van der Waals surface area contributed by atoms with Gasteiger partial charge in [0.15, 0.2) is 18.4 Å². The third-order valence-electron chi connectivity index (χ3n) is 8.58. The van der Waals surface area contributed by atoms with Gasteiger partial charge in [0, 0.05) is 11.8 Å². The number of hydrogen-bond acceptors (Lipinski definition) is 13. The van der Waals surface area contributed by atoms with Gasteiger partial charge in [-0.2, -0.15) is 0 Å². The van der Waals surface area contributed by atoms with Crippen LogP contribution in [0.15, 0.2) is 35.5 Å². The minimum atomic E-state index is -1.75. The molecule has 0 aromatic rings. The van der Waals surface area contributed by atoms with Crippen LogP contribution < -0.4 is 0 Å². The zero-order chi connectivity index (χ0) is 32.3. The number of carbonyl (C=O) groups excluding carboxylic acids is 1. The summed E-state index contributed by atoms with van der Waals surface area (Å²) in [7, 11) is 0. The van der Waals surface area contributed by atoms with Gasteiger partial charge in [-0.3, -0.25) is 4.79 Å². The first-order chi connectivity index (χ1) is 20.1. The van der Waals surface area contributed by atoms with Crippen molar-refractivity contribution in [2.24, 2.45) is 5.41 Å². The summed E-state index contributed by atoms with van der Waals surface area (Å²) in [5.74, 6) is -0.0106. The lowest BCUT2D eigenvalue weighted by atomic mass is 9.64. The van der Waals surface area contributed by atoms with Gasteiger partial charge in [0.1, 0.15) is 54.4 Å². The van der Waals surface area contributed by atoms with E-state index in [2.05, 4.69) is 0 Å². The fraction of sp³-hybridized carbons (Fsp3) is 0.767. The van der Waals surface area contributed by atoms with Gasteiger partial charge in [-0.1, -0.05) is 31.6 Å². The van der Waals surface area contributed by atoms with Crippen LogP contribution in [0, 0.1) is 5.41 Å². The maximum atomic E-state index is 12.0. The Labute approximate surface area is 251 Å². The van der Waals surface area contributed by atoms with E-state index >= 15 is 0 Å². The van der Waals surface area contributed by atoms with Crippen LogP contribution in [0.5, 0.6) is 0 Å². The Hall–Kier alpha value is -1.59. The molecule has 12 atom stereocenters. The van der Waals surface area contributed by atoms with Crippen LogP contribution in [0.2, 0.25) is 0 Å².